The molecule has 0 heterocycles. The van der Waals surface area contributed by atoms with E-state index in [0.29, 0.717) is 11.4 Å². The Hall–Kier alpha value is -2.87. The van der Waals surface area contributed by atoms with Crippen molar-refractivity contribution in [2.75, 3.05) is 23.3 Å². The molecule has 138 valence electrons. The Labute approximate surface area is 152 Å². The number of carbonyl (C=O) groups excluding carboxylic acids is 2. The summed E-state index contributed by atoms with van der Waals surface area (Å²) >= 11 is 0. The van der Waals surface area contributed by atoms with Crippen LogP contribution in [0.25, 0.3) is 0 Å². The molecule has 26 heavy (non-hydrogen) atoms. The molecule has 0 aliphatic carbocycles. The smallest absolute Gasteiger partial charge is 0.307 e. The van der Waals surface area contributed by atoms with Crippen LogP contribution >= 0.6 is 0 Å². The van der Waals surface area contributed by atoms with Gasteiger partial charge < -0.3 is 10.1 Å². The number of carbonyl (C=O) groups is 2. The zero-order valence-electron chi connectivity index (χ0n) is 14.5. The molecule has 0 bridgehead atoms. The molecule has 2 aromatic rings. The molecule has 0 saturated heterocycles. The van der Waals surface area contributed by atoms with Crippen molar-refractivity contribution in [3.05, 3.63) is 54.6 Å². The monoisotopic (exact) mass is 376 g/mol. The maximum Gasteiger partial charge on any atom is 0.307 e. The molecule has 0 aliphatic heterocycles. The first-order valence-electron chi connectivity index (χ1n) is 7.87. The highest BCUT2D eigenvalue weighted by Crippen LogP contribution is 2.25. The summed E-state index contributed by atoms with van der Waals surface area (Å²) in [5.41, 5.74) is 0.944. The second-order valence-electron chi connectivity index (χ2n) is 5.44. The molecule has 2 rings (SSSR count). The predicted molar refractivity (Wildman–Crippen MR) is 98.4 cm³/mol. The van der Waals surface area contributed by atoms with Crippen LogP contribution in [0, 0.1) is 0 Å². The molecule has 0 unspecified atom stereocenters. The number of hydrogen-bond donors (Lipinski definition) is 1. The van der Waals surface area contributed by atoms with Crippen LogP contribution in [-0.2, 0) is 24.3 Å². The maximum atomic E-state index is 13.1. The molecular weight excluding hydrogens is 356 g/mol. The molecule has 0 radical (unpaired) electrons. The van der Waals surface area contributed by atoms with Gasteiger partial charge in [-0.05, 0) is 36.4 Å². The van der Waals surface area contributed by atoms with Gasteiger partial charge in [0.05, 0.1) is 24.1 Å². The van der Waals surface area contributed by atoms with Gasteiger partial charge >= 0.3 is 5.97 Å². The lowest BCUT2D eigenvalue weighted by molar-refractivity contribution is -0.140. The lowest BCUT2D eigenvalue weighted by Crippen LogP contribution is -2.33. The number of benzene rings is 2. The number of anilines is 2. The normalized spacial score (nSPS) is 10.8. The molecule has 1 N–H and O–H groups in total. The quantitative estimate of drug-likeness (QED) is 0.749. The molecule has 0 aliphatic rings. The van der Waals surface area contributed by atoms with Crippen molar-refractivity contribution in [1.82, 2.24) is 0 Å². The zero-order chi connectivity index (χ0) is 19.2. The standard InChI is InChI=1S/C18H20N2O5S/c1-14(21)19-15-8-10-17(11-9-15)26(23,24)20(13-12-18(22)25-2)16-6-4-3-5-7-16/h3-11H,12-13H2,1-2H3,(H,19,21). The second-order valence-corrected chi connectivity index (χ2v) is 7.31. The topological polar surface area (TPSA) is 92.8 Å². The number of rotatable bonds is 7. The molecule has 0 aromatic heterocycles. The number of nitrogens with one attached hydrogen (secondary N) is 1. The SMILES string of the molecule is COC(=O)CCN(c1ccccc1)S(=O)(=O)c1ccc(NC(C)=O)cc1. The number of hydrogen-bond acceptors (Lipinski definition) is 5. The number of ether oxygens (including phenoxy) is 1. The Morgan fingerprint density at radius 2 is 1.65 bits per heavy atom. The van der Waals surface area contributed by atoms with E-state index in [-0.39, 0.29) is 23.8 Å². The first kappa shape index (κ1) is 19.5. The minimum atomic E-state index is -3.89. The van der Waals surface area contributed by atoms with E-state index in [1.807, 2.05) is 0 Å². The van der Waals surface area contributed by atoms with Crippen LogP contribution in [0.1, 0.15) is 13.3 Å². The number of amides is 1. The molecular formula is C18H20N2O5S. The van der Waals surface area contributed by atoms with Gasteiger partial charge in [0.25, 0.3) is 10.0 Å². The summed E-state index contributed by atoms with van der Waals surface area (Å²) < 4.78 is 31.9. The van der Waals surface area contributed by atoms with Gasteiger partial charge in [-0.1, -0.05) is 18.2 Å². The Balaban J connectivity index is 2.35. The van der Waals surface area contributed by atoms with E-state index >= 15 is 0 Å². The fourth-order valence-corrected chi connectivity index (χ4v) is 3.78. The molecule has 0 spiro atoms. The van der Waals surface area contributed by atoms with Crippen LogP contribution in [0.4, 0.5) is 11.4 Å². The summed E-state index contributed by atoms with van der Waals surface area (Å²) in [5, 5.41) is 2.58. The summed E-state index contributed by atoms with van der Waals surface area (Å²) in [7, 11) is -2.64. The van der Waals surface area contributed by atoms with Crippen molar-refractivity contribution in [3.63, 3.8) is 0 Å². The Bertz CT molecular complexity index is 864. The van der Waals surface area contributed by atoms with E-state index in [4.69, 9.17) is 0 Å². The van der Waals surface area contributed by atoms with E-state index in [0.717, 1.165) is 4.31 Å². The summed E-state index contributed by atoms with van der Waals surface area (Å²) in [4.78, 5) is 22.6. The molecule has 1 amide bonds. The van der Waals surface area contributed by atoms with E-state index in [9.17, 15) is 18.0 Å². The number of nitrogens with zero attached hydrogens (tertiary/aromatic N) is 1. The van der Waals surface area contributed by atoms with Gasteiger partial charge in [0.1, 0.15) is 0 Å². The molecule has 0 saturated carbocycles. The van der Waals surface area contributed by atoms with Crippen molar-refractivity contribution >= 4 is 33.3 Å². The third-order valence-electron chi connectivity index (χ3n) is 3.55. The maximum absolute atomic E-state index is 13.1. The summed E-state index contributed by atoms with van der Waals surface area (Å²) in [6.07, 6.45) is -0.0748. The summed E-state index contributed by atoms with van der Waals surface area (Å²) in [5.74, 6) is -0.744. The van der Waals surface area contributed by atoms with Gasteiger partial charge in [-0.15, -0.1) is 0 Å². The van der Waals surface area contributed by atoms with Crippen molar-refractivity contribution in [1.29, 1.82) is 0 Å². The van der Waals surface area contributed by atoms with Gasteiger partial charge in [-0.25, -0.2) is 8.42 Å². The van der Waals surface area contributed by atoms with Gasteiger partial charge in [0.15, 0.2) is 0 Å². The third kappa shape index (κ3) is 4.82. The number of methoxy groups -OCH3 is 1. The van der Waals surface area contributed by atoms with E-state index < -0.39 is 16.0 Å². The second kappa shape index (κ2) is 8.48. The average molecular weight is 376 g/mol. The van der Waals surface area contributed by atoms with Crippen LogP contribution in [-0.4, -0.2) is 33.9 Å². The van der Waals surface area contributed by atoms with Crippen molar-refractivity contribution in [3.8, 4) is 0 Å². The van der Waals surface area contributed by atoms with Gasteiger partial charge in [0, 0.05) is 19.2 Å². The lowest BCUT2D eigenvalue weighted by Gasteiger charge is -2.24. The number of sulfonamides is 1. The van der Waals surface area contributed by atoms with E-state index in [1.54, 1.807) is 30.3 Å². The minimum Gasteiger partial charge on any atom is -0.469 e. The fourth-order valence-electron chi connectivity index (χ4n) is 2.32. The highest BCUT2D eigenvalue weighted by atomic mass is 32.2. The van der Waals surface area contributed by atoms with Gasteiger partial charge in [-0.2, -0.15) is 0 Å². The molecule has 2 aromatic carbocycles. The van der Waals surface area contributed by atoms with Crippen LogP contribution in [0.2, 0.25) is 0 Å². The first-order chi connectivity index (χ1) is 12.3. The van der Waals surface area contributed by atoms with Crippen molar-refractivity contribution in [2.24, 2.45) is 0 Å². The summed E-state index contributed by atoms with van der Waals surface area (Å²) in [6.45, 7) is 1.32. The largest absolute Gasteiger partial charge is 0.469 e. The van der Waals surface area contributed by atoms with Crippen molar-refractivity contribution in [2.45, 2.75) is 18.2 Å². The predicted octanol–water partition coefficient (Wildman–Crippen LogP) is 2.40. The molecule has 7 nitrogen and oxygen atoms in total. The zero-order valence-corrected chi connectivity index (χ0v) is 15.3. The van der Waals surface area contributed by atoms with Crippen LogP contribution < -0.4 is 9.62 Å². The molecule has 0 atom stereocenters. The summed E-state index contributed by atoms with van der Waals surface area (Å²) in [6, 6.07) is 14.4. The Morgan fingerprint density at radius 1 is 1.04 bits per heavy atom. The minimum absolute atomic E-state index is 0.0491. The average Bonchev–Trinajstić information content (AvgIpc) is 2.62. The van der Waals surface area contributed by atoms with Crippen LogP contribution in [0.3, 0.4) is 0 Å². The van der Waals surface area contributed by atoms with Crippen molar-refractivity contribution < 1.29 is 22.7 Å². The highest BCUT2D eigenvalue weighted by Gasteiger charge is 2.25. The van der Waals surface area contributed by atoms with E-state index in [1.165, 1.54) is 38.3 Å². The van der Waals surface area contributed by atoms with Gasteiger partial charge in [-0.3, -0.25) is 13.9 Å². The first-order valence-corrected chi connectivity index (χ1v) is 9.31. The Kier molecular flexibility index (Phi) is 6.35. The van der Waals surface area contributed by atoms with Gasteiger partial charge in [0.2, 0.25) is 5.91 Å². The van der Waals surface area contributed by atoms with E-state index in [2.05, 4.69) is 10.1 Å². The highest BCUT2D eigenvalue weighted by molar-refractivity contribution is 7.92. The van der Waals surface area contributed by atoms with Crippen LogP contribution in [0.15, 0.2) is 59.5 Å². The lowest BCUT2D eigenvalue weighted by atomic mass is 10.3. The number of para-hydroxylation sites is 1. The third-order valence-corrected chi connectivity index (χ3v) is 5.40. The Morgan fingerprint density at radius 3 is 2.19 bits per heavy atom. The molecule has 8 heteroatoms. The number of esters is 1. The fraction of sp³-hybridized carbons (Fsp3) is 0.222. The molecule has 0 fully saturated rings. The van der Waals surface area contributed by atoms with Crippen LogP contribution in [0.5, 0.6) is 0 Å².